The lowest BCUT2D eigenvalue weighted by atomic mass is 10.1. The molecule has 0 aromatic heterocycles. The average molecular weight is 432 g/mol. The second-order valence-corrected chi connectivity index (χ2v) is 7.76. The summed E-state index contributed by atoms with van der Waals surface area (Å²) in [5.41, 5.74) is 1.91. The number of aliphatic hydroxyl groups excluding tert-OH is 1. The Kier molecular flexibility index (Phi) is 7.24. The number of halogens is 2. The molecule has 2 N–H and O–H groups in total. The number of nitrogens with zero attached hydrogens (tertiary/aromatic N) is 1. The number of carbonyl (C=O) groups excluding carboxylic acids is 1. The summed E-state index contributed by atoms with van der Waals surface area (Å²) in [5.74, 6) is -1.40. The van der Waals surface area contributed by atoms with Gasteiger partial charge in [0.2, 0.25) is 5.91 Å². The van der Waals surface area contributed by atoms with Crippen LogP contribution in [0.5, 0.6) is 0 Å². The summed E-state index contributed by atoms with van der Waals surface area (Å²) in [6.07, 6.45) is 4.79. The smallest absolute Gasteiger partial charge is 0.335 e. The first kappa shape index (κ1) is 22.0. The Hall–Kier alpha value is -2.70. The van der Waals surface area contributed by atoms with Crippen molar-refractivity contribution in [1.82, 2.24) is 4.90 Å². The van der Waals surface area contributed by atoms with E-state index in [1.54, 1.807) is 41.3 Å². The van der Waals surface area contributed by atoms with Gasteiger partial charge in [0.1, 0.15) is 5.82 Å². The van der Waals surface area contributed by atoms with Crippen LogP contribution in [-0.2, 0) is 17.6 Å². The van der Waals surface area contributed by atoms with Crippen molar-refractivity contribution in [2.75, 3.05) is 6.54 Å². The summed E-state index contributed by atoms with van der Waals surface area (Å²) in [6.45, 7) is 0.518. The maximum absolute atomic E-state index is 13.2. The fraction of sp³-hybridized carbons (Fsp3) is 0.304. The normalized spacial score (nSPS) is 17.6. The molecular weight excluding hydrogens is 409 g/mol. The van der Waals surface area contributed by atoms with Crippen LogP contribution in [0, 0.1) is 5.82 Å². The summed E-state index contributed by atoms with van der Waals surface area (Å²) >= 11 is 5.77. The Labute approximate surface area is 179 Å². The van der Waals surface area contributed by atoms with E-state index < -0.39 is 17.9 Å². The largest absolute Gasteiger partial charge is 0.478 e. The molecule has 7 heteroatoms. The third-order valence-corrected chi connectivity index (χ3v) is 5.49. The van der Waals surface area contributed by atoms with Crippen molar-refractivity contribution in [2.45, 2.75) is 37.8 Å². The number of carboxylic acids is 1. The zero-order chi connectivity index (χ0) is 21.7. The molecule has 158 valence electrons. The topological polar surface area (TPSA) is 77.8 Å². The van der Waals surface area contributed by atoms with E-state index in [9.17, 15) is 19.1 Å². The summed E-state index contributed by atoms with van der Waals surface area (Å²) in [4.78, 5) is 25.0. The van der Waals surface area contributed by atoms with Crippen molar-refractivity contribution in [3.63, 3.8) is 0 Å². The first-order valence-corrected chi connectivity index (χ1v) is 10.1. The van der Waals surface area contributed by atoms with Crippen molar-refractivity contribution < 1.29 is 24.2 Å². The maximum Gasteiger partial charge on any atom is 0.335 e. The molecule has 2 aromatic rings. The highest BCUT2D eigenvalue weighted by molar-refractivity contribution is 6.30. The molecule has 2 aromatic carbocycles. The van der Waals surface area contributed by atoms with E-state index in [1.165, 1.54) is 12.1 Å². The standard InChI is InChI=1S/C23H23ClFNO4/c24-20-14-16(3-9-21(20)25)13-19(27)8-6-18-7-10-22(28)26(18)12-11-15-1-4-17(5-2-15)23(29)30/h1-6,8-9,14,18-19,27H,7,10-13H2,(H,29,30)/t18-,19+/m0/s1. The summed E-state index contributed by atoms with van der Waals surface area (Å²) in [5, 5.41) is 19.3. The molecule has 0 bridgehead atoms. The van der Waals surface area contributed by atoms with Gasteiger partial charge in [0.25, 0.3) is 0 Å². The molecule has 3 rings (SSSR count). The molecule has 30 heavy (non-hydrogen) atoms. The van der Waals surface area contributed by atoms with Gasteiger partial charge in [-0.05, 0) is 48.2 Å². The third kappa shape index (κ3) is 5.68. The van der Waals surface area contributed by atoms with Gasteiger partial charge in [0, 0.05) is 19.4 Å². The number of aromatic carboxylic acids is 1. The molecule has 1 fully saturated rings. The van der Waals surface area contributed by atoms with Crippen molar-refractivity contribution in [3.8, 4) is 0 Å². The van der Waals surface area contributed by atoms with Gasteiger partial charge in [-0.15, -0.1) is 0 Å². The summed E-state index contributed by atoms with van der Waals surface area (Å²) < 4.78 is 13.2. The lowest BCUT2D eigenvalue weighted by molar-refractivity contribution is -0.128. The average Bonchev–Trinajstić information content (AvgIpc) is 3.07. The van der Waals surface area contributed by atoms with Gasteiger partial charge in [-0.1, -0.05) is 42.0 Å². The molecule has 1 saturated heterocycles. The van der Waals surface area contributed by atoms with Gasteiger partial charge in [0.05, 0.1) is 22.7 Å². The van der Waals surface area contributed by atoms with Crippen molar-refractivity contribution in [1.29, 1.82) is 0 Å². The van der Waals surface area contributed by atoms with Crippen LogP contribution < -0.4 is 0 Å². The molecule has 0 saturated carbocycles. The Balaban J connectivity index is 1.57. The van der Waals surface area contributed by atoms with Crippen LogP contribution in [-0.4, -0.2) is 45.7 Å². The van der Waals surface area contributed by atoms with Gasteiger partial charge in [-0.25, -0.2) is 9.18 Å². The molecule has 5 nitrogen and oxygen atoms in total. The van der Waals surface area contributed by atoms with E-state index in [2.05, 4.69) is 0 Å². The molecule has 0 spiro atoms. The van der Waals surface area contributed by atoms with E-state index in [0.29, 0.717) is 32.2 Å². The van der Waals surface area contributed by atoms with Crippen LogP contribution in [0.15, 0.2) is 54.6 Å². The molecule has 2 atom stereocenters. The van der Waals surface area contributed by atoms with Crippen molar-refractivity contribution >= 4 is 23.5 Å². The number of hydrogen-bond donors (Lipinski definition) is 2. The quantitative estimate of drug-likeness (QED) is 0.622. The number of rotatable bonds is 8. The molecule has 0 aliphatic carbocycles. The van der Waals surface area contributed by atoms with E-state index >= 15 is 0 Å². The van der Waals surface area contributed by atoms with E-state index in [4.69, 9.17) is 16.7 Å². The molecule has 1 amide bonds. The Bertz CT molecular complexity index is 945. The maximum atomic E-state index is 13.2. The SMILES string of the molecule is O=C(O)c1ccc(CCN2C(=O)CC[C@@H]2C=C[C@@H](O)Cc2ccc(F)c(Cl)c2)cc1. The fourth-order valence-electron chi connectivity index (χ4n) is 3.54. The molecular formula is C23H23ClFNO4. The summed E-state index contributed by atoms with van der Waals surface area (Å²) in [6, 6.07) is 10.9. The molecule has 1 aliphatic heterocycles. The van der Waals surface area contributed by atoms with Crippen LogP contribution in [0.4, 0.5) is 4.39 Å². The zero-order valence-corrected chi connectivity index (χ0v) is 17.1. The number of hydrogen-bond acceptors (Lipinski definition) is 3. The molecule has 1 aliphatic rings. The van der Waals surface area contributed by atoms with Crippen LogP contribution >= 0.6 is 11.6 Å². The Morgan fingerprint density at radius 1 is 1.23 bits per heavy atom. The lowest BCUT2D eigenvalue weighted by Gasteiger charge is -2.23. The number of benzene rings is 2. The summed E-state index contributed by atoms with van der Waals surface area (Å²) in [7, 11) is 0. The predicted molar refractivity (Wildman–Crippen MR) is 112 cm³/mol. The second kappa shape index (κ2) is 9.87. The fourth-order valence-corrected chi connectivity index (χ4v) is 3.75. The van der Waals surface area contributed by atoms with Gasteiger partial charge in [-0.3, -0.25) is 4.79 Å². The number of aliphatic hydroxyl groups is 1. The zero-order valence-electron chi connectivity index (χ0n) is 16.3. The number of carboxylic acid groups (broad SMARTS) is 1. The van der Waals surface area contributed by atoms with Crippen LogP contribution in [0.25, 0.3) is 0 Å². The molecule has 0 radical (unpaired) electrons. The lowest BCUT2D eigenvalue weighted by Crippen LogP contribution is -2.33. The Morgan fingerprint density at radius 3 is 2.60 bits per heavy atom. The monoisotopic (exact) mass is 431 g/mol. The van der Waals surface area contributed by atoms with Crippen molar-refractivity contribution in [2.24, 2.45) is 0 Å². The van der Waals surface area contributed by atoms with Gasteiger partial charge in [0.15, 0.2) is 0 Å². The number of amides is 1. The first-order chi connectivity index (χ1) is 14.3. The highest BCUT2D eigenvalue weighted by atomic mass is 35.5. The minimum absolute atomic E-state index is 0.0210. The van der Waals surface area contributed by atoms with Crippen molar-refractivity contribution in [3.05, 3.63) is 82.1 Å². The van der Waals surface area contributed by atoms with Gasteiger partial charge < -0.3 is 15.1 Å². The van der Waals surface area contributed by atoms with E-state index in [-0.39, 0.29) is 22.5 Å². The minimum atomic E-state index is -0.970. The minimum Gasteiger partial charge on any atom is -0.478 e. The van der Waals surface area contributed by atoms with Gasteiger partial charge in [-0.2, -0.15) is 0 Å². The third-order valence-electron chi connectivity index (χ3n) is 5.20. The number of carbonyl (C=O) groups is 2. The van der Waals surface area contributed by atoms with Crippen LogP contribution in [0.3, 0.4) is 0 Å². The Morgan fingerprint density at radius 2 is 1.93 bits per heavy atom. The van der Waals surface area contributed by atoms with Crippen LogP contribution in [0.2, 0.25) is 5.02 Å². The van der Waals surface area contributed by atoms with Crippen LogP contribution in [0.1, 0.15) is 34.3 Å². The highest BCUT2D eigenvalue weighted by Crippen LogP contribution is 2.22. The molecule has 1 heterocycles. The van der Waals surface area contributed by atoms with E-state index in [0.717, 1.165) is 11.1 Å². The molecule has 0 unspecified atom stereocenters. The van der Waals surface area contributed by atoms with Gasteiger partial charge >= 0.3 is 5.97 Å². The first-order valence-electron chi connectivity index (χ1n) is 9.75. The highest BCUT2D eigenvalue weighted by Gasteiger charge is 2.28. The number of likely N-dealkylation sites (tertiary alicyclic amines) is 1. The predicted octanol–water partition coefficient (Wildman–Crippen LogP) is 3.87. The van der Waals surface area contributed by atoms with E-state index in [1.807, 2.05) is 6.08 Å². The second-order valence-electron chi connectivity index (χ2n) is 7.35.